The number of nitrogens with two attached hydrogens (primary N) is 1. The summed E-state index contributed by atoms with van der Waals surface area (Å²) >= 11 is 3.59. The Morgan fingerprint density at radius 1 is 1.14 bits per heavy atom. The topological polar surface area (TPSA) is 47.3 Å². The highest BCUT2D eigenvalue weighted by atomic mass is 79.9. The summed E-state index contributed by atoms with van der Waals surface area (Å²) in [5.74, 6) is 6.61. The van der Waals surface area contributed by atoms with Gasteiger partial charge in [0, 0.05) is 4.47 Å². The third kappa shape index (κ3) is 4.06. The lowest BCUT2D eigenvalue weighted by atomic mass is 9.97. The van der Waals surface area contributed by atoms with E-state index in [4.69, 9.17) is 10.6 Å². The van der Waals surface area contributed by atoms with Crippen molar-refractivity contribution in [3.63, 3.8) is 0 Å². The second-order valence-corrected chi connectivity index (χ2v) is 6.16. The molecule has 112 valence electrons. The van der Waals surface area contributed by atoms with Gasteiger partial charge in [-0.05, 0) is 49.6 Å². The van der Waals surface area contributed by atoms with Crippen LogP contribution in [0.25, 0.3) is 0 Å². The fourth-order valence-corrected chi connectivity index (χ4v) is 3.12. The van der Waals surface area contributed by atoms with Crippen LogP contribution in [0.3, 0.4) is 0 Å². The minimum absolute atomic E-state index is 0.0238. The molecular formula is C17H21BrN2O. The van der Waals surface area contributed by atoms with Crippen molar-refractivity contribution in [2.75, 3.05) is 7.11 Å². The zero-order chi connectivity index (χ0) is 15.4. The largest absolute Gasteiger partial charge is 0.497 e. The molecule has 1 unspecified atom stereocenters. The average molecular weight is 349 g/mol. The summed E-state index contributed by atoms with van der Waals surface area (Å²) in [6, 6.07) is 12.5. The minimum atomic E-state index is 0.0238. The minimum Gasteiger partial charge on any atom is -0.497 e. The van der Waals surface area contributed by atoms with Gasteiger partial charge in [-0.25, -0.2) is 0 Å². The third-order valence-electron chi connectivity index (χ3n) is 3.50. The molecule has 4 heteroatoms. The molecule has 21 heavy (non-hydrogen) atoms. The number of aryl methyl sites for hydroxylation is 2. The van der Waals surface area contributed by atoms with E-state index in [2.05, 4.69) is 53.4 Å². The molecule has 1 atom stereocenters. The summed E-state index contributed by atoms with van der Waals surface area (Å²) in [6.45, 7) is 4.23. The Balaban J connectivity index is 2.31. The lowest BCUT2D eigenvalue weighted by Gasteiger charge is -2.19. The van der Waals surface area contributed by atoms with E-state index in [0.29, 0.717) is 0 Å². The molecule has 0 amide bonds. The molecule has 2 aromatic carbocycles. The quantitative estimate of drug-likeness (QED) is 0.637. The Bertz CT molecular complexity index is 608. The molecule has 0 saturated carbocycles. The van der Waals surface area contributed by atoms with E-state index in [-0.39, 0.29) is 6.04 Å². The van der Waals surface area contributed by atoms with Crippen LogP contribution in [0.4, 0.5) is 0 Å². The lowest BCUT2D eigenvalue weighted by molar-refractivity contribution is 0.412. The first-order chi connectivity index (χ1) is 10.0. The zero-order valence-electron chi connectivity index (χ0n) is 12.6. The molecule has 2 aromatic rings. The molecule has 0 spiro atoms. The van der Waals surface area contributed by atoms with Gasteiger partial charge in [-0.1, -0.05) is 45.3 Å². The van der Waals surface area contributed by atoms with Gasteiger partial charge in [0.05, 0.1) is 13.2 Å². The van der Waals surface area contributed by atoms with Gasteiger partial charge in [0.15, 0.2) is 0 Å². The van der Waals surface area contributed by atoms with Crippen molar-refractivity contribution in [1.82, 2.24) is 5.43 Å². The van der Waals surface area contributed by atoms with Crippen LogP contribution in [0.1, 0.15) is 28.3 Å². The summed E-state index contributed by atoms with van der Waals surface area (Å²) < 4.78 is 6.33. The maximum absolute atomic E-state index is 5.78. The zero-order valence-corrected chi connectivity index (χ0v) is 14.2. The number of hydrogen-bond acceptors (Lipinski definition) is 3. The van der Waals surface area contributed by atoms with Crippen molar-refractivity contribution in [3.8, 4) is 5.75 Å². The summed E-state index contributed by atoms with van der Waals surface area (Å²) in [7, 11) is 1.67. The fraction of sp³-hybridized carbons (Fsp3) is 0.294. The number of rotatable bonds is 5. The van der Waals surface area contributed by atoms with Gasteiger partial charge in [0.25, 0.3) is 0 Å². The first kappa shape index (κ1) is 16.0. The molecule has 0 aromatic heterocycles. The Hall–Kier alpha value is -1.36. The van der Waals surface area contributed by atoms with Crippen LogP contribution in [-0.4, -0.2) is 7.11 Å². The van der Waals surface area contributed by atoms with Crippen LogP contribution in [0.5, 0.6) is 5.75 Å². The van der Waals surface area contributed by atoms with Crippen molar-refractivity contribution in [2.45, 2.75) is 26.3 Å². The van der Waals surface area contributed by atoms with Crippen LogP contribution in [0.2, 0.25) is 0 Å². The molecule has 3 nitrogen and oxygen atoms in total. The van der Waals surface area contributed by atoms with Gasteiger partial charge in [0.2, 0.25) is 0 Å². The van der Waals surface area contributed by atoms with E-state index in [1.165, 1.54) is 16.7 Å². The smallest absolute Gasteiger partial charge is 0.119 e. The number of nitrogens with one attached hydrogen (secondary N) is 1. The Morgan fingerprint density at radius 2 is 1.81 bits per heavy atom. The molecule has 0 bridgehead atoms. The second kappa shape index (κ2) is 7.07. The predicted octanol–water partition coefficient (Wildman–Crippen LogP) is 3.82. The Morgan fingerprint density at radius 3 is 2.38 bits per heavy atom. The van der Waals surface area contributed by atoms with Gasteiger partial charge < -0.3 is 4.74 Å². The van der Waals surface area contributed by atoms with E-state index in [1.54, 1.807) is 7.11 Å². The molecule has 0 heterocycles. The monoisotopic (exact) mass is 348 g/mol. The molecule has 0 aliphatic heterocycles. The van der Waals surface area contributed by atoms with Gasteiger partial charge in [-0.2, -0.15) is 0 Å². The fourth-order valence-electron chi connectivity index (χ4n) is 2.60. The summed E-state index contributed by atoms with van der Waals surface area (Å²) in [4.78, 5) is 0. The maximum Gasteiger partial charge on any atom is 0.119 e. The van der Waals surface area contributed by atoms with Crippen molar-refractivity contribution in [1.29, 1.82) is 0 Å². The highest BCUT2D eigenvalue weighted by Crippen LogP contribution is 2.29. The molecule has 3 N–H and O–H groups in total. The maximum atomic E-state index is 5.78. The van der Waals surface area contributed by atoms with Gasteiger partial charge in [-0.3, -0.25) is 11.3 Å². The van der Waals surface area contributed by atoms with Crippen LogP contribution >= 0.6 is 15.9 Å². The highest BCUT2D eigenvalue weighted by Gasteiger charge is 2.15. The molecule has 0 aliphatic rings. The summed E-state index contributed by atoms with van der Waals surface area (Å²) in [5.41, 5.74) is 7.81. The molecule has 0 saturated heterocycles. The predicted molar refractivity (Wildman–Crippen MR) is 90.4 cm³/mol. The molecular weight excluding hydrogens is 328 g/mol. The van der Waals surface area contributed by atoms with Crippen LogP contribution in [0.15, 0.2) is 40.9 Å². The second-order valence-electron chi connectivity index (χ2n) is 5.31. The third-order valence-corrected chi connectivity index (χ3v) is 4.22. The van der Waals surface area contributed by atoms with Gasteiger partial charge in [-0.15, -0.1) is 0 Å². The van der Waals surface area contributed by atoms with Crippen LogP contribution < -0.4 is 16.0 Å². The van der Waals surface area contributed by atoms with E-state index < -0.39 is 0 Å². The van der Waals surface area contributed by atoms with Gasteiger partial charge >= 0.3 is 0 Å². The van der Waals surface area contributed by atoms with Crippen molar-refractivity contribution in [3.05, 3.63) is 63.1 Å². The van der Waals surface area contributed by atoms with Crippen LogP contribution in [-0.2, 0) is 6.42 Å². The Labute approximate surface area is 134 Å². The van der Waals surface area contributed by atoms with E-state index >= 15 is 0 Å². The first-order valence-electron chi connectivity index (χ1n) is 6.90. The lowest BCUT2D eigenvalue weighted by Crippen LogP contribution is -2.30. The van der Waals surface area contributed by atoms with E-state index in [1.807, 2.05) is 18.2 Å². The first-order valence-corrected chi connectivity index (χ1v) is 7.69. The Kier molecular flexibility index (Phi) is 5.39. The summed E-state index contributed by atoms with van der Waals surface area (Å²) in [6.07, 6.45) is 0.824. The molecule has 0 fully saturated rings. The molecule has 2 rings (SSSR count). The summed E-state index contributed by atoms with van der Waals surface area (Å²) in [5, 5.41) is 0. The molecule has 0 radical (unpaired) electrons. The van der Waals surface area contributed by atoms with Crippen LogP contribution in [0, 0.1) is 13.8 Å². The highest BCUT2D eigenvalue weighted by molar-refractivity contribution is 9.10. The van der Waals surface area contributed by atoms with Crippen molar-refractivity contribution >= 4 is 15.9 Å². The number of ether oxygens (including phenoxy) is 1. The van der Waals surface area contributed by atoms with E-state index in [9.17, 15) is 0 Å². The standard InChI is InChI=1S/C17H21BrN2O/c1-11-6-12(2)8-13(7-11)9-17(20-19)15-10-14(21-3)4-5-16(15)18/h4-8,10,17,20H,9,19H2,1-3H3. The number of hydrazine groups is 1. The van der Waals surface area contributed by atoms with Gasteiger partial charge in [0.1, 0.15) is 5.75 Å². The normalized spacial score (nSPS) is 12.2. The SMILES string of the molecule is COc1ccc(Br)c(C(Cc2cc(C)cc(C)c2)NN)c1. The molecule has 0 aliphatic carbocycles. The number of methoxy groups -OCH3 is 1. The number of hydrogen-bond donors (Lipinski definition) is 2. The average Bonchev–Trinajstić information content (AvgIpc) is 2.44. The van der Waals surface area contributed by atoms with E-state index in [0.717, 1.165) is 22.2 Å². The number of benzene rings is 2. The number of halogens is 1. The van der Waals surface area contributed by atoms with Crippen molar-refractivity contribution < 1.29 is 4.74 Å². The van der Waals surface area contributed by atoms with Crippen molar-refractivity contribution in [2.24, 2.45) is 5.84 Å².